The molecule has 2 aromatic carbocycles. The maximum Gasteiger partial charge on any atom is 0.257 e. The van der Waals surface area contributed by atoms with E-state index >= 15 is 0 Å². The van der Waals surface area contributed by atoms with E-state index in [1.54, 1.807) is 24.4 Å². The van der Waals surface area contributed by atoms with Crippen molar-refractivity contribution in [1.82, 2.24) is 10.2 Å². The number of rotatable bonds is 2. The minimum atomic E-state index is -0.265. The second-order valence-electron chi connectivity index (χ2n) is 4.22. The van der Waals surface area contributed by atoms with Crippen LogP contribution in [0, 0.1) is 0 Å². The summed E-state index contributed by atoms with van der Waals surface area (Å²) in [5.41, 5.74) is 1.87. The molecule has 0 aliphatic heterocycles. The summed E-state index contributed by atoms with van der Waals surface area (Å²) in [4.78, 5) is 12.3. The van der Waals surface area contributed by atoms with E-state index in [0.717, 1.165) is 15.4 Å². The number of fused-ring (bicyclic) bond motifs is 1. The Hall–Kier alpha value is -1.85. The molecule has 0 aliphatic rings. The van der Waals surface area contributed by atoms with Gasteiger partial charge in [-0.2, -0.15) is 5.10 Å². The summed E-state index contributed by atoms with van der Waals surface area (Å²) in [5.74, 6) is -0.265. The zero-order valence-electron chi connectivity index (χ0n) is 10.2. The van der Waals surface area contributed by atoms with Crippen LogP contribution in [0.4, 0.5) is 5.69 Å². The van der Waals surface area contributed by atoms with Crippen molar-refractivity contribution in [1.29, 1.82) is 0 Å². The third kappa shape index (κ3) is 2.42. The standard InChI is InChI=1S/C14H9BrClN3O/c15-9-4-5-11(16)10(6-9)14(20)18-12-3-1-2-8-7-17-19-13(8)12/h1-7H,(H,17,19)(H,18,20). The first-order valence-electron chi connectivity index (χ1n) is 5.83. The SMILES string of the molecule is O=C(Nc1cccc2cn[nH]c12)c1cc(Br)ccc1Cl. The molecule has 0 saturated heterocycles. The summed E-state index contributed by atoms with van der Waals surface area (Å²) in [6, 6.07) is 10.7. The van der Waals surface area contributed by atoms with Crippen molar-refractivity contribution in [2.24, 2.45) is 0 Å². The minimum Gasteiger partial charge on any atom is -0.320 e. The molecule has 1 aromatic heterocycles. The Bertz CT molecular complexity index is 800. The van der Waals surface area contributed by atoms with Gasteiger partial charge in [-0.05, 0) is 24.3 Å². The molecule has 0 aliphatic carbocycles. The molecule has 1 amide bonds. The highest BCUT2D eigenvalue weighted by molar-refractivity contribution is 9.10. The minimum absolute atomic E-state index is 0.265. The number of anilines is 1. The molecule has 0 fully saturated rings. The highest BCUT2D eigenvalue weighted by atomic mass is 79.9. The molecule has 3 rings (SSSR count). The molecule has 3 aromatic rings. The van der Waals surface area contributed by atoms with E-state index in [0.29, 0.717) is 16.3 Å². The van der Waals surface area contributed by atoms with Crippen molar-refractivity contribution >= 4 is 50.0 Å². The van der Waals surface area contributed by atoms with Crippen molar-refractivity contribution in [2.75, 3.05) is 5.32 Å². The number of nitrogens with zero attached hydrogens (tertiary/aromatic N) is 1. The third-order valence-electron chi connectivity index (χ3n) is 2.90. The average molecular weight is 351 g/mol. The Balaban J connectivity index is 1.96. The first-order chi connectivity index (χ1) is 9.65. The van der Waals surface area contributed by atoms with Crippen LogP contribution in [-0.2, 0) is 0 Å². The molecule has 4 nitrogen and oxygen atoms in total. The number of hydrogen-bond donors (Lipinski definition) is 2. The van der Waals surface area contributed by atoms with E-state index < -0.39 is 0 Å². The monoisotopic (exact) mass is 349 g/mol. The van der Waals surface area contributed by atoms with Crippen LogP contribution in [0.15, 0.2) is 47.1 Å². The fourth-order valence-electron chi connectivity index (χ4n) is 1.93. The smallest absolute Gasteiger partial charge is 0.257 e. The normalized spacial score (nSPS) is 10.7. The number of hydrogen-bond acceptors (Lipinski definition) is 2. The lowest BCUT2D eigenvalue weighted by Crippen LogP contribution is -2.12. The van der Waals surface area contributed by atoms with Gasteiger partial charge in [0.1, 0.15) is 0 Å². The molecular weight excluding hydrogens is 342 g/mol. The van der Waals surface area contributed by atoms with Crippen LogP contribution in [-0.4, -0.2) is 16.1 Å². The number of nitrogens with one attached hydrogen (secondary N) is 2. The van der Waals surface area contributed by atoms with Gasteiger partial charge in [0.05, 0.1) is 28.0 Å². The van der Waals surface area contributed by atoms with Gasteiger partial charge < -0.3 is 5.32 Å². The molecule has 0 bridgehead atoms. The number of H-pyrrole nitrogens is 1. The van der Waals surface area contributed by atoms with Gasteiger partial charge in [-0.15, -0.1) is 0 Å². The Kier molecular flexibility index (Phi) is 3.46. The van der Waals surface area contributed by atoms with E-state index in [1.165, 1.54) is 0 Å². The van der Waals surface area contributed by atoms with Gasteiger partial charge in [0.15, 0.2) is 0 Å². The molecule has 100 valence electrons. The van der Waals surface area contributed by atoms with Gasteiger partial charge in [-0.25, -0.2) is 0 Å². The van der Waals surface area contributed by atoms with Crippen molar-refractivity contribution in [3.05, 3.63) is 57.7 Å². The van der Waals surface area contributed by atoms with E-state index in [9.17, 15) is 4.79 Å². The Morgan fingerprint density at radius 1 is 1.30 bits per heavy atom. The maximum absolute atomic E-state index is 12.3. The summed E-state index contributed by atoms with van der Waals surface area (Å²) in [5, 5.41) is 11.0. The number of benzene rings is 2. The number of amides is 1. The quantitative estimate of drug-likeness (QED) is 0.726. The average Bonchev–Trinajstić information content (AvgIpc) is 2.91. The van der Waals surface area contributed by atoms with Crippen LogP contribution in [0.3, 0.4) is 0 Å². The second kappa shape index (κ2) is 5.26. The third-order valence-corrected chi connectivity index (χ3v) is 3.72. The van der Waals surface area contributed by atoms with Crippen molar-refractivity contribution < 1.29 is 4.79 Å². The number of aromatic nitrogens is 2. The zero-order valence-corrected chi connectivity index (χ0v) is 12.5. The fourth-order valence-corrected chi connectivity index (χ4v) is 2.50. The molecular formula is C14H9BrClN3O. The Morgan fingerprint density at radius 3 is 3.00 bits per heavy atom. The predicted octanol–water partition coefficient (Wildman–Crippen LogP) is 4.23. The molecule has 0 saturated carbocycles. The van der Waals surface area contributed by atoms with Gasteiger partial charge >= 0.3 is 0 Å². The molecule has 0 atom stereocenters. The summed E-state index contributed by atoms with van der Waals surface area (Å²) in [7, 11) is 0. The number of carbonyl (C=O) groups excluding carboxylic acids is 1. The van der Waals surface area contributed by atoms with E-state index in [1.807, 2.05) is 18.2 Å². The van der Waals surface area contributed by atoms with Crippen LogP contribution in [0.25, 0.3) is 10.9 Å². The lowest BCUT2D eigenvalue weighted by molar-refractivity contribution is 0.102. The van der Waals surface area contributed by atoms with Gasteiger partial charge in [-0.3, -0.25) is 9.89 Å². The van der Waals surface area contributed by atoms with Gasteiger partial charge in [0, 0.05) is 9.86 Å². The predicted molar refractivity (Wildman–Crippen MR) is 83.2 cm³/mol. The van der Waals surface area contributed by atoms with Crippen LogP contribution in [0.2, 0.25) is 5.02 Å². The topological polar surface area (TPSA) is 57.8 Å². The number of para-hydroxylation sites is 1. The molecule has 0 unspecified atom stereocenters. The molecule has 1 heterocycles. The largest absolute Gasteiger partial charge is 0.320 e. The first kappa shape index (κ1) is 13.1. The fraction of sp³-hybridized carbons (Fsp3) is 0. The van der Waals surface area contributed by atoms with Gasteiger partial charge in [0.25, 0.3) is 5.91 Å². The second-order valence-corrected chi connectivity index (χ2v) is 5.54. The highest BCUT2D eigenvalue weighted by Crippen LogP contribution is 2.24. The van der Waals surface area contributed by atoms with Gasteiger partial charge in [0.2, 0.25) is 0 Å². The van der Waals surface area contributed by atoms with Crippen LogP contribution >= 0.6 is 27.5 Å². The van der Waals surface area contributed by atoms with Crippen molar-refractivity contribution in [2.45, 2.75) is 0 Å². The van der Waals surface area contributed by atoms with Crippen LogP contribution in [0.1, 0.15) is 10.4 Å². The van der Waals surface area contributed by atoms with Crippen LogP contribution < -0.4 is 5.32 Å². The molecule has 2 N–H and O–H groups in total. The lowest BCUT2D eigenvalue weighted by Gasteiger charge is -2.08. The lowest BCUT2D eigenvalue weighted by atomic mass is 10.2. The number of carbonyl (C=O) groups is 1. The molecule has 0 radical (unpaired) electrons. The van der Waals surface area contributed by atoms with E-state index in [-0.39, 0.29) is 5.91 Å². The van der Waals surface area contributed by atoms with Crippen molar-refractivity contribution in [3.8, 4) is 0 Å². The Morgan fingerprint density at radius 2 is 2.15 bits per heavy atom. The van der Waals surface area contributed by atoms with Crippen LogP contribution in [0.5, 0.6) is 0 Å². The van der Waals surface area contributed by atoms with E-state index in [4.69, 9.17) is 11.6 Å². The Labute approximate surface area is 128 Å². The zero-order chi connectivity index (χ0) is 14.1. The maximum atomic E-state index is 12.3. The first-order valence-corrected chi connectivity index (χ1v) is 7.01. The van der Waals surface area contributed by atoms with E-state index in [2.05, 4.69) is 31.4 Å². The molecule has 20 heavy (non-hydrogen) atoms. The number of halogens is 2. The summed E-state index contributed by atoms with van der Waals surface area (Å²) < 4.78 is 0.798. The molecule has 6 heteroatoms. The highest BCUT2D eigenvalue weighted by Gasteiger charge is 2.13. The molecule has 0 spiro atoms. The summed E-state index contributed by atoms with van der Waals surface area (Å²) in [6.07, 6.45) is 1.71. The number of aromatic amines is 1. The summed E-state index contributed by atoms with van der Waals surface area (Å²) >= 11 is 9.38. The van der Waals surface area contributed by atoms with Crippen molar-refractivity contribution in [3.63, 3.8) is 0 Å². The van der Waals surface area contributed by atoms with Gasteiger partial charge in [-0.1, -0.05) is 39.7 Å². The summed E-state index contributed by atoms with van der Waals surface area (Å²) in [6.45, 7) is 0.